The number of hydrogen-bond donors (Lipinski definition) is 1. The van der Waals surface area contributed by atoms with Crippen LogP contribution in [0.25, 0.3) is 0 Å². The maximum absolute atomic E-state index is 12.1. The number of amides is 1. The van der Waals surface area contributed by atoms with Gasteiger partial charge in [0.25, 0.3) is 0 Å². The number of alkyl halides is 2. The summed E-state index contributed by atoms with van der Waals surface area (Å²) in [5, 5.41) is 3.06. The number of carbonyl (C=O) groups excluding carboxylic acids is 1. The van der Waals surface area contributed by atoms with Gasteiger partial charge in [-0.25, -0.2) is 0 Å². The van der Waals surface area contributed by atoms with E-state index in [-0.39, 0.29) is 24.5 Å². The quantitative estimate of drug-likeness (QED) is 0.562. The average molecular weight is 299 g/mol. The third-order valence-electron chi connectivity index (χ3n) is 2.22. The lowest BCUT2D eigenvalue weighted by Gasteiger charge is -2.15. The van der Waals surface area contributed by atoms with Crippen LogP contribution in [0.15, 0.2) is 0 Å². The van der Waals surface area contributed by atoms with Crippen LogP contribution in [0.2, 0.25) is 0 Å². The highest BCUT2D eigenvalue weighted by atomic mass is 32.2. The predicted molar refractivity (Wildman–Crippen MR) is 78.1 cm³/mol. The monoisotopic (exact) mass is 299 g/mol. The molecule has 1 unspecified atom stereocenters. The molecule has 0 aromatic heterocycles. The molecule has 0 aliphatic carbocycles. The van der Waals surface area contributed by atoms with Gasteiger partial charge in [-0.15, -0.1) is 0 Å². The van der Waals surface area contributed by atoms with E-state index in [1.807, 2.05) is 6.92 Å². The van der Waals surface area contributed by atoms with Crippen molar-refractivity contribution in [2.24, 2.45) is 0 Å². The topological polar surface area (TPSA) is 29.1 Å². The molecule has 0 aliphatic rings. The molecule has 18 heavy (non-hydrogen) atoms. The van der Waals surface area contributed by atoms with E-state index in [9.17, 15) is 13.6 Å². The van der Waals surface area contributed by atoms with Crippen LogP contribution in [0, 0.1) is 0 Å². The van der Waals surface area contributed by atoms with E-state index in [0.717, 1.165) is 18.6 Å². The molecule has 108 valence electrons. The van der Waals surface area contributed by atoms with E-state index >= 15 is 0 Å². The summed E-state index contributed by atoms with van der Waals surface area (Å²) in [6, 6.07) is 0. The number of hydrogen-bond acceptors (Lipinski definition) is 3. The second-order valence-corrected chi connectivity index (χ2v) is 6.39. The molecule has 0 saturated carbocycles. The number of nitrogens with one attached hydrogen (secondary N) is 1. The number of halogens is 2. The molecular formula is C12H23F2NOS2. The fourth-order valence-electron chi connectivity index (χ4n) is 1.34. The summed E-state index contributed by atoms with van der Waals surface area (Å²) in [6.07, 6.45) is 2.14. The maximum atomic E-state index is 12.1. The van der Waals surface area contributed by atoms with Crippen LogP contribution in [0.5, 0.6) is 0 Å². The lowest BCUT2D eigenvalue weighted by Crippen LogP contribution is -2.25. The third kappa shape index (κ3) is 11.1. The summed E-state index contributed by atoms with van der Waals surface area (Å²) in [5.41, 5.74) is 0. The minimum absolute atomic E-state index is 0.0539. The van der Waals surface area contributed by atoms with Gasteiger partial charge in [0.05, 0.1) is 13.3 Å². The van der Waals surface area contributed by atoms with Crippen LogP contribution in [-0.4, -0.2) is 48.3 Å². The maximum Gasteiger partial charge on any atom is 0.220 e. The summed E-state index contributed by atoms with van der Waals surface area (Å²) < 4.78 is 24.1. The molecule has 0 aromatic rings. The Morgan fingerprint density at radius 1 is 1.28 bits per heavy atom. The normalized spacial score (nSPS) is 12.4. The van der Waals surface area contributed by atoms with Gasteiger partial charge in [-0.1, -0.05) is 6.92 Å². The van der Waals surface area contributed by atoms with E-state index in [2.05, 4.69) is 5.32 Å². The molecule has 0 bridgehead atoms. The van der Waals surface area contributed by atoms with Crippen molar-refractivity contribution in [3.8, 4) is 0 Å². The van der Waals surface area contributed by atoms with Crippen LogP contribution in [0.4, 0.5) is 8.78 Å². The first-order valence-corrected chi connectivity index (χ1v) is 8.52. The smallest absolute Gasteiger partial charge is 0.220 e. The summed E-state index contributed by atoms with van der Waals surface area (Å²) in [5.74, 6) is 1.78. The molecule has 0 heterocycles. The number of rotatable bonds is 12. The van der Waals surface area contributed by atoms with Crippen LogP contribution < -0.4 is 5.32 Å². The van der Waals surface area contributed by atoms with Crippen molar-refractivity contribution < 1.29 is 13.6 Å². The fraction of sp³-hybridized carbons (Fsp3) is 0.917. The second kappa shape index (κ2) is 13.5. The molecule has 1 atom stereocenters. The zero-order chi connectivity index (χ0) is 13.6. The zero-order valence-corrected chi connectivity index (χ0v) is 12.6. The number of carbonyl (C=O) groups is 1. The molecule has 0 fully saturated rings. The zero-order valence-electron chi connectivity index (χ0n) is 10.9. The van der Waals surface area contributed by atoms with Gasteiger partial charge in [0.1, 0.15) is 0 Å². The van der Waals surface area contributed by atoms with Crippen molar-refractivity contribution in [3.05, 3.63) is 0 Å². The summed E-state index contributed by atoms with van der Waals surface area (Å²) in [7, 11) is 0. The molecule has 6 heteroatoms. The molecule has 0 aliphatic heterocycles. The second-order valence-electron chi connectivity index (χ2n) is 3.83. The Labute approximate surface area is 117 Å². The molecule has 1 amide bonds. The Morgan fingerprint density at radius 2 is 2.00 bits per heavy atom. The van der Waals surface area contributed by atoms with Gasteiger partial charge in [0.15, 0.2) is 0 Å². The summed E-state index contributed by atoms with van der Waals surface area (Å²) >= 11 is 3.07. The minimum atomic E-state index is -0.350. The Kier molecular flexibility index (Phi) is 13.5. The summed E-state index contributed by atoms with van der Waals surface area (Å²) in [6.45, 7) is 2.03. The largest absolute Gasteiger partial charge is 0.356 e. The highest BCUT2D eigenvalue weighted by molar-refractivity contribution is 8.03. The van der Waals surface area contributed by atoms with Gasteiger partial charge in [-0.3, -0.25) is 13.6 Å². The Balaban J connectivity index is 3.79. The van der Waals surface area contributed by atoms with Crippen LogP contribution >= 0.6 is 23.5 Å². The number of thioether (sulfide) groups is 2. The van der Waals surface area contributed by atoms with Crippen LogP contribution in [0.3, 0.4) is 0 Å². The lowest BCUT2D eigenvalue weighted by atomic mass is 10.2. The van der Waals surface area contributed by atoms with E-state index in [4.69, 9.17) is 0 Å². The lowest BCUT2D eigenvalue weighted by molar-refractivity contribution is -0.121. The SMILES string of the molecule is CCCNC(=O)CCC(CSCCF)SCCF. The highest BCUT2D eigenvalue weighted by Gasteiger charge is 2.12. The van der Waals surface area contributed by atoms with E-state index < -0.39 is 0 Å². The van der Waals surface area contributed by atoms with E-state index in [1.165, 1.54) is 23.5 Å². The van der Waals surface area contributed by atoms with Crippen molar-refractivity contribution in [2.75, 3.05) is 37.2 Å². The van der Waals surface area contributed by atoms with Gasteiger partial charge >= 0.3 is 0 Å². The van der Waals surface area contributed by atoms with Gasteiger partial charge < -0.3 is 5.32 Å². The fourth-order valence-corrected chi connectivity index (χ4v) is 3.43. The van der Waals surface area contributed by atoms with Gasteiger partial charge in [-0.05, 0) is 12.8 Å². The minimum Gasteiger partial charge on any atom is -0.356 e. The van der Waals surface area contributed by atoms with Crippen LogP contribution in [0.1, 0.15) is 26.2 Å². The molecular weight excluding hydrogens is 276 g/mol. The van der Waals surface area contributed by atoms with Gasteiger partial charge in [-0.2, -0.15) is 23.5 Å². The van der Waals surface area contributed by atoms with Gasteiger partial charge in [0.2, 0.25) is 5.91 Å². The van der Waals surface area contributed by atoms with Gasteiger partial charge in [0, 0.05) is 35.5 Å². The van der Waals surface area contributed by atoms with Crippen LogP contribution in [-0.2, 0) is 4.79 Å². The predicted octanol–water partition coefficient (Wildman–Crippen LogP) is 3.07. The summed E-state index contributed by atoms with van der Waals surface area (Å²) in [4.78, 5) is 11.4. The molecule has 0 spiro atoms. The highest BCUT2D eigenvalue weighted by Crippen LogP contribution is 2.21. The Bertz CT molecular complexity index is 209. The molecule has 1 N–H and O–H groups in total. The first kappa shape index (κ1) is 18.0. The van der Waals surface area contributed by atoms with E-state index in [0.29, 0.717) is 24.5 Å². The van der Waals surface area contributed by atoms with Crippen molar-refractivity contribution >= 4 is 29.4 Å². The van der Waals surface area contributed by atoms with Crippen molar-refractivity contribution in [1.29, 1.82) is 0 Å². The van der Waals surface area contributed by atoms with Crippen molar-refractivity contribution in [3.63, 3.8) is 0 Å². The Morgan fingerprint density at radius 3 is 2.61 bits per heavy atom. The molecule has 0 radical (unpaired) electrons. The Hall–Kier alpha value is 0.0300. The van der Waals surface area contributed by atoms with Crippen molar-refractivity contribution in [1.82, 2.24) is 5.32 Å². The third-order valence-corrected chi connectivity index (χ3v) is 4.78. The average Bonchev–Trinajstić information content (AvgIpc) is 2.39. The molecule has 0 saturated heterocycles. The first-order chi connectivity index (χ1) is 8.74. The molecule has 0 aromatic carbocycles. The standard InChI is InChI=1S/C12H23F2NOS2/c1-2-7-15-12(16)4-3-11(18-9-6-14)10-17-8-5-13/h11H,2-10H2,1H3,(H,15,16). The van der Waals surface area contributed by atoms with E-state index in [1.54, 1.807) is 0 Å². The first-order valence-electron chi connectivity index (χ1n) is 6.32. The molecule has 0 rings (SSSR count). The van der Waals surface area contributed by atoms with Crippen molar-refractivity contribution in [2.45, 2.75) is 31.4 Å². The molecule has 2 nitrogen and oxygen atoms in total.